The minimum atomic E-state index is -0.656. The zero-order valence-corrected chi connectivity index (χ0v) is 16.8. The summed E-state index contributed by atoms with van der Waals surface area (Å²) in [5.74, 6) is -0.207. The van der Waals surface area contributed by atoms with E-state index in [1.54, 1.807) is 16.8 Å². The van der Waals surface area contributed by atoms with Gasteiger partial charge >= 0.3 is 7.12 Å². The Morgan fingerprint density at radius 2 is 1.79 bits per heavy atom. The van der Waals surface area contributed by atoms with Crippen molar-refractivity contribution in [3.05, 3.63) is 29.6 Å². The third kappa shape index (κ3) is 2.73. The van der Waals surface area contributed by atoms with Gasteiger partial charge in [-0.3, -0.25) is 0 Å². The van der Waals surface area contributed by atoms with Gasteiger partial charge in [-0.2, -0.15) is 10.4 Å². The van der Waals surface area contributed by atoms with Crippen LogP contribution in [0.1, 0.15) is 53.0 Å². The Morgan fingerprint density at radius 3 is 2.29 bits per heavy atom. The third-order valence-corrected chi connectivity index (χ3v) is 6.29. The lowest BCUT2D eigenvalue weighted by atomic mass is 9.78. The van der Waals surface area contributed by atoms with Crippen molar-refractivity contribution in [1.29, 1.82) is 5.26 Å². The summed E-state index contributed by atoms with van der Waals surface area (Å²) >= 11 is 0. The maximum atomic E-state index is 15.0. The number of benzene rings is 1. The Hall–Kier alpha value is -2.37. The molecule has 2 aliphatic rings. The van der Waals surface area contributed by atoms with Crippen LogP contribution in [0.3, 0.4) is 0 Å². The van der Waals surface area contributed by atoms with Crippen LogP contribution in [0.15, 0.2) is 18.2 Å². The Labute approximate surface area is 164 Å². The first-order valence-corrected chi connectivity index (χ1v) is 9.44. The van der Waals surface area contributed by atoms with Crippen LogP contribution in [0, 0.1) is 17.1 Å². The molecule has 2 heterocycles. The van der Waals surface area contributed by atoms with E-state index in [4.69, 9.17) is 15.0 Å². The van der Waals surface area contributed by atoms with E-state index >= 15 is 4.39 Å². The molecule has 146 valence electrons. The van der Waals surface area contributed by atoms with Crippen molar-refractivity contribution in [1.82, 2.24) is 9.78 Å². The number of nitrogens with two attached hydrogens (primary N) is 1. The maximum absolute atomic E-state index is 15.0. The Balaban J connectivity index is 1.72. The van der Waals surface area contributed by atoms with Gasteiger partial charge in [-0.05, 0) is 59.0 Å². The van der Waals surface area contributed by atoms with Gasteiger partial charge < -0.3 is 15.0 Å². The molecule has 1 saturated carbocycles. The van der Waals surface area contributed by atoms with Gasteiger partial charge in [-0.1, -0.05) is 12.1 Å². The molecule has 2 N–H and O–H groups in total. The highest BCUT2D eigenvalue weighted by atomic mass is 19.1. The van der Waals surface area contributed by atoms with Crippen LogP contribution in [0.25, 0.3) is 11.3 Å². The predicted molar refractivity (Wildman–Crippen MR) is 105 cm³/mol. The average molecular weight is 382 g/mol. The van der Waals surface area contributed by atoms with E-state index in [0.717, 1.165) is 12.8 Å². The number of halogens is 1. The van der Waals surface area contributed by atoms with Gasteiger partial charge in [0.15, 0.2) is 0 Å². The fourth-order valence-corrected chi connectivity index (χ4v) is 3.38. The fourth-order valence-electron chi connectivity index (χ4n) is 3.38. The normalized spacial score (nSPS) is 21.5. The summed E-state index contributed by atoms with van der Waals surface area (Å²) in [4.78, 5) is 0. The smallest absolute Gasteiger partial charge is 0.399 e. The minimum Gasteiger partial charge on any atom is -0.399 e. The molecule has 0 atom stereocenters. The van der Waals surface area contributed by atoms with Crippen molar-refractivity contribution in [2.45, 2.75) is 64.2 Å². The van der Waals surface area contributed by atoms with Crippen molar-refractivity contribution in [2.24, 2.45) is 0 Å². The molecule has 1 aliphatic heterocycles. The summed E-state index contributed by atoms with van der Waals surface area (Å²) in [6, 6.07) is 6.81. The number of hydrogen-bond donors (Lipinski definition) is 1. The summed E-state index contributed by atoms with van der Waals surface area (Å²) in [5.41, 5.74) is 6.23. The van der Waals surface area contributed by atoms with Gasteiger partial charge in [-0.15, -0.1) is 0 Å². The van der Waals surface area contributed by atoms with E-state index in [-0.39, 0.29) is 28.2 Å². The van der Waals surface area contributed by atoms with E-state index in [1.165, 1.54) is 6.07 Å². The van der Waals surface area contributed by atoms with Crippen molar-refractivity contribution in [3.63, 3.8) is 0 Å². The third-order valence-electron chi connectivity index (χ3n) is 6.29. The van der Waals surface area contributed by atoms with Crippen molar-refractivity contribution < 1.29 is 13.7 Å². The first kappa shape index (κ1) is 19.0. The summed E-state index contributed by atoms with van der Waals surface area (Å²) < 4.78 is 28.7. The number of rotatable bonds is 3. The standard InChI is InChI=1S/C20H24BFN4O2/c1-18(2)19(3,4)28-21(27-18)12-6-7-13(15(22)10-12)16-14(11-23)17(24)26(25-16)20(5)8-9-20/h6-7,10H,8-9,24H2,1-5H3. The first-order valence-electron chi connectivity index (χ1n) is 9.44. The van der Waals surface area contributed by atoms with Crippen molar-refractivity contribution in [2.75, 3.05) is 5.73 Å². The summed E-state index contributed by atoms with van der Waals surface area (Å²) in [5, 5.41) is 14.0. The quantitative estimate of drug-likeness (QED) is 0.825. The van der Waals surface area contributed by atoms with Gasteiger partial charge in [0, 0.05) is 5.56 Å². The van der Waals surface area contributed by atoms with Crippen molar-refractivity contribution >= 4 is 18.4 Å². The average Bonchev–Trinajstić information content (AvgIpc) is 3.18. The van der Waals surface area contributed by atoms with Crippen LogP contribution in [0.5, 0.6) is 0 Å². The lowest BCUT2D eigenvalue weighted by Crippen LogP contribution is -2.41. The SMILES string of the molecule is CC1(n2nc(-c3ccc(B4OC(C)(C)C(C)(C)O4)cc3F)c(C#N)c2N)CC1. The molecular weight excluding hydrogens is 358 g/mol. The van der Waals surface area contributed by atoms with E-state index in [2.05, 4.69) is 11.2 Å². The molecule has 0 bridgehead atoms. The molecule has 2 aromatic rings. The largest absolute Gasteiger partial charge is 0.494 e. The number of nitriles is 1. The molecule has 0 radical (unpaired) electrons. The lowest BCUT2D eigenvalue weighted by Gasteiger charge is -2.32. The minimum absolute atomic E-state index is 0.187. The van der Waals surface area contributed by atoms with Gasteiger partial charge in [0.2, 0.25) is 0 Å². The molecule has 1 aliphatic carbocycles. The first-order chi connectivity index (χ1) is 13.0. The molecule has 0 unspecified atom stereocenters. The zero-order valence-electron chi connectivity index (χ0n) is 16.8. The highest BCUT2D eigenvalue weighted by Crippen LogP contribution is 2.45. The molecule has 1 aromatic heterocycles. The van der Waals surface area contributed by atoms with E-state index in [9.17, 15) is 5.26 Å². The Bertz CT molecular complexity index is 988. The number of nitrogen functional groups attached to an aromatic ring is 1. The van der Waals surface area contributed by atoms with Crippen LogP contribution in [0.2, 0.25) is 0 Å². The van der Waals surface area contributed by atoms with Crippen LogP contribution in [-0.2, 0) is 14.8 Å². The molecule has 1 saturated heterocycles. The number of nitrogens with zero attached hydrogens (tertiary/aromatic N) is 3. The number of hydrogen-bond acceptors (Lipinski definition) is 5. The van der Waals surface area contributed by atoms with Crippen LogP contribution >= 0.6 is 0 Å². The highest BCUT2D eigenvalue weighted by Gasteiger charge is 2.51. The van der Waals surface area contributed by atoms with E-state index in [1.807, 2.05) is 34.6 Å². The molecule has 0 amide bonds. The zero-order chi connectivity index (χ0) is 20.5. The van der Waals surface area contributed by atoms with Crippen LogP contribution < -0.4 is 11.2 Å². The summed E-state index contributed by atoms with van der Waals surface area (Å²) in [7, 11) is -0.656. The van der Waals surface area contributed by atoms with Gasteiger partial charge in [0.25, 0.3) is 0 Å². The second-order valence-corrected chi connectivity index (χ2v) is 8.96. The predicted octanol–water partition coefficient (Wildman–Crippen LogP) is 2.95. The van der Waals surface area contributed by atoms with Crippen LogP contribution in [-0.4, -0.2) is 28.1 Å². The van der Waals surface area contributed by atoms with Gasteiger partial charge in [-0.25, -0.2) is 9.07 Å². The molecule has 28 heavy (non-hydrogen) atoms. The van der Waals surface area contributed by atoms with E-state index in [0.29, 0.717) is 5.46 Å². The number of aromatic nitrogens is 2. The van der Waals surface area contributed by atoms with Crippen LogP contribution in [0.4, 0.5) is 10.2 Å². The topological polar surface area (TPSA) is 86.1 Å². The molecule has 6 nitrogen and oxygen atoms in total. The maximum Gasteiger partial charge on any atom is 0.494 e. The van der Waals surface area contributed by atoms with Gasteiger partial charge in [0.05, 0.1) is 16.7 Å². The summed E-state index contributed by atoms with van der Waals surface area (Å²) in [6.07, 6.45) is 1.87. The second kappa shape index (κ2) is 5.82. The lowest BCUT2D eigenvalue weighted by molar-refractivity contribution is 0.00578. The Morgan fingerprint density at radius 1 is 1.18 bits per heavy atom. The monoisotopic (exact) mass is 382 g/mol. The highest BCUT2D eigenvalue weighted by molar-refractivity contribution is 6.62. The molecule has 8 heteroatoms. The van der Waals surface area contributed by atoms with E-state index < -0.39 is 24.1 Å². The molecule has 0 spiro atoms. The molecule has 4 rings (SSSR count). The molecule has 2 fully saturated rings. The van der Waals surface area contributed by atoms with Crippen molar-refractivity contribution in [3.8, 4) is 17.3 Å². The molecule has 1 aromatic carbocycles. The fraction of sp³-hybridized carbons (Fsp3) is 0.500. The second-order valence-electron chi connectivity index (χ2n) is 8.96. The number of anilines is 1. The van der Waals surface area contributed by atoms with Gasteiger partial charge in [0.1, 0.15) is 29.0 Å². The summed E-state index contributed by atoms with van der Waals surface area (Å²) in [6.45, 7) is 9.82. The molecular formula is C20H24BFN4O2. The Kier molecular flexibility index (Phi) is 3.94.